The highest BCUT2D eigenvalue weighted by atomic mass is 19.1. The van der Waals surface area contributed by atoms with Gasteiger partial charge in [-0.05, 0) is 35.9 Å². The van der Waals surface area contributed by atoms with Gasteiger partial charge in [-0.15, -0.1) is 0 Å². The number of carbonyl (C=O) groups is 1. The number of nitrogens with zero attached hydrogens (tertiary/aromatic N) is 3. The smallest absolute Gasteiger partial charge is 0.185 e. The molecule has 0 spiro atoms. The van der Waals surface area contributed by atoms with Crippen LogP contribution >= 0.6 is 0 Å². The summed E-state index contributed by atoms with van der Waals surface area (Å²) in [4.78, 5) is 15.8. The van der Waals surface area contributed by atoms with Crippen LogP contribution in [-0.2, 0) is 0 Å². The van der Waals surface area contributed by atoms with E-state index in [1.54, 1.807) is 23.2 Å². The van der Waals surface area contributed by atoms with Crippen molar-refractivity contribution in [2.24, 2.45) is 0 Å². The molecule has 0 saturated carbocycles. The molecule has 3 aromatic rings. The Bertz CT molecular complexity index is 808. The fourth-order valence-electron chi connectivity index (χ4n) is 1.99. The van der Waals surface area contributed by atoms with E-state index in [9.17, 15) is 9.18 Å². The molecule has 22 heavy (non-hydrogen) atoms. The summed E-state index contributed by atoms with van der Waals surface area (Å²) in [6, 6.07) is 13.1. The first-order valence-electron chi connectivity index (χ1n) is 6.65. The monoisotopic (exact) mass is 293 g/mol. The highest BCUT2D eigenvalue weighted by Gasteiger charge is 2.02. The van der Waals surface area contributed by atoms with Gasteiger partial charge in [0.2, 0.25) is 0 Å². The lowest BCUT2D eigenvalue weighted by Gasteiger charge is -2.00. The van der Waals surface area contributed by atoms with Gasteiger partial charge in [0.05, 0.1) is 5.69 Å². The Hall–Kier alpha value is -3.08. The molecule has 0 radical (unpaired) electrons. The minimum absolute atomic E-state index is 0.236. The van der Waals surface area contributed by atoms with Crippen LogP contribution in [0.4, 0.5) is 4.39 Å². The maximum atomic E-state index is 13.1. The Morgan fingerprint density at radius 1 is 1.14 bits per heavy atom. The third-order valence-electron chi connectivity index (χ3n) is 3.11. The van der Waals surface area contributed by atoms with Crippen LogP contribution < -0.4 is 0 Å². The van der Waals surface area contributed by atoms with Gasteiger partial charge in [0, 0.05) is 5.56 Å². The molecule has 0 aliphatic rings. The van der Waals surface area contributed by atoms with Gasteiger partial charge in [-0.1, -0.05) is 30.3 Å². The van der Waals surface area contributed by atoms with E-state index in [1.165, 1.54) is 30.6 Å². The van der Waals surface area contributed by atoms with Crippen molar-refractivity contribution in [1.29, 1.82) is 0 Å². The Morgan fingerprint density at radius 2 is 1.95 bits per heavy atom. The molecule has 1 heterocycles. The molecule has 5 heteroatoms. The Balaban J connectivity index is 1.74. The molecular weight excluding hydrogens is 281 g/mol. The van der Waals surface area contributed by atoms with Crippen molar-refractivity contribution in [1.82, 2.24) is 14.8 Å². The van der Waals surface area contributed by atoms with Gasteiger partial charge in [0.25, 0.3) is 0 Å². The highest BCUT2D eigenvalue weighted by Crippen LogP contribution is 2.11. The number of ketones is 1. The molecule has 2 aromatic carbocycles. The first-order valence-corrected chi connectivity index (χ1v) is 6.65. The lowest BCUT2D eigenvalue weighted by Crippen LogP contribution is -1.95. The van der Waals surface area contributed by atoms with E-state index in [4.69, 9.17) is 0 Å². The number of carbonyl (C=O) groups excluding carboxylic acids is 1. The van der Waals surface area contributed by atoms with Crippen LogP contribution in [-0.4, -0.2) is 20.5 Å². The molecule has 1 aromatic heterocycles. The van der Waals surface area contributed by atoms with E-state index in [1.807, 2.05) is 24.3 Å². The molecule has 108 valence electrons. The van der Waals surface area contributed by atoms with Crippen LogP contribution in [0, 0.1) is 5.82 Å². The van der Waals surface area contributed by atoms with E-state index in [-0.39, 0.29) is 5.78 Å². The molecule has 0 amide bonds. The van der Waals surface area contributed by atoms with Gasteiger partial charge in [0.1, 0.15) is 18.5 Å². The Morgan fingerprint density at radius 3 is 2.64 bits per heavy atom. The second-order valence-electron chi connectivity index (χ2n) is 4.64. The summed E-state index contributed by atoms with van der Waals surface area (Å²) in [7, 11) is 0. The van der Waals surface area contributed by atoms with Gasteiger partial charge in [-0.2, -0.15) is 5.10 Å². The summed E-state index contributed by atoms with van der Waals surface area (Å²) in [5, 5.41) is 4.04. The van der Waals surface area contributed by atoms with Crippen LogP contribution in [0.3, 0.4) is 0 Å². The molecule has 0 fully saturated rings. The molecule has 0 aliphatic carbocycles. The van der Waals surface area contributed by atoms with Crippen molar-refractivity contribution in [2.75, 3.05) is 0 Å². The van der Waals surface area contributed by atoms with Gasteiger partial charge < -0.3 is 0 Å². The fraction of sp³-hybridized carbons (Fsp3) is 0. The number of hydrogen-bond acceptors (Lipinski definition) is 3. The van der Waals surface area contributed by atoms with Gasteiger partial charge in [-0.25, -0.2) is 14.1 Å². The normalized spacial score (nSPS) is 11.0. The third kappa shape index (κ3) is 3.15. The second kappa shape index (κ2) is 6.13. The summed E-state index contributed by atoms with van der Waals surface area (Å²) < 4.78 is 14.7. The summed E-state index contributed by atoms with van der Waals surface area (Å²) in [6.45, 7) is 0. The molecule has 0 saturated heterocycles. The molecule has 0 bridgehead atoms. The quantitative estimate of drug-likeness (QED) is 0.548. The number of rotatable bonds is 4. The minimum atomic E-state index is -0.420. The average molecular weight is 293 g/mol. The van der Waals surface area contributed by atoms with Crippen LogP contribution in [0.1, 0.15) is 15.9 Å². The average Bonchev–Trinajstić information content (AvgIpc) is 3.07. The Kier molecular flexibility index (Phi) is 3.87. The largest absolute Gasteiger partial charge is 0.289 e. The minimum Gasteiger partial charge on any atom is -0.289 e. The molecule has 0 atom stereocenters. The molecule has 4 nitrogen and oxygen atoms in total. The van der Waals surface area contributed by atoms with Crippen molar-refractivity contribution < 1.29 is 9.18 Å². The van der Waals surface area contributed by atoms with Crippen molar-refractivity contribution in [2.45, 2.75) is 0 Å². The van der Waals surface area contributed by atoms with Gasteiger partial charge in [-0.3, -0.25) is 4.79 Å². The van der Waals surface area contributed by atoms with Gasteiger partial charge >= 0.3 is 0 Å². The zero-order chi connectivity index (χ0) is 15.4. The van der Waals surface area contributed by atoms with Crippen LogP contribution in [0.15, 0.2) is 67.3 Å². The predicted octanol–water partition coefficient (Wildman–Crippen LogP) is 3.30. The predicted molar refractivity (Wildman–Crippen MR) is 81.1 cm³/mol. The summed E-state index contributed by atoms with van der Waals surface area (Å²) in [5.74, 6) is -0.656. The van der Waals surface area contributed by atoms with E-state index in [0.29, 0.717) is 5.56 Å². The van der Waals surface area contributed by atoms with E-state index in [0.717, 1.165) is 11.3 Å². The highest BCUT2D eigenvalue weighted by molar-refractivity contribution is 6.06. The zero-order valence-electron chi connectivity index (χ0n) is 11.6. The molecule has 0 N–H and O–H groups in total. The molecule has 3 rings (SSSR count). The van der Waals surface area contributed by atoms with Crippen LogP contribution in [0.5, 0.6) is 0 Å². The molecule has 0 aliphatic heterocycles. The van der Waals surface area contributed by atoms with Crippen LogP contribution in [0.25, 0.3) is 11.8 Å². The van der Waals surface area contributed by atoms with Crippen molar-refractivity contribution in [3.8, 4) is 5.69 Å². The zero-order valence-corrected chi connectivity index (χ0v) is 11.6. The van der Waals surface area contributed by atoms with Crippen LogP contribution in [0.2, 0.25) is 0 Å². The molecular formula is C17H12FN3O. The number of aromatic nitrogens is 3. The topological polar surface area (TPSA) is 47.8 Å². The number of benzene rings is 2. The lowest BCUT2D eigenvalue weighted by molar-refractivity contribution is 0.104. The van der Waals surface area contributed by atoms with E-state index < -0.39 is 5.82 Å². The standard InChI is InChI=1S/C17H12FN3O/c18-15-3-1-2-14(10-15)17(22)9-6-13-4-7-16(8-5-13)21-12-19-11-20-21/h1-12H/b9-6+. The molecule has 0 unspecified atom stereocenters. The second-order valence-corrected chi connectivity index (χ2v) is 4.64. The SMILES string of the molecule is O=C(/C=C/c1ccc(-n2cncn2)cc1)c1cccc(F)c1. The fourth-order valence-corrected chi connectivity index (χ4v) is 1.99. The van der Waals surface area contributed by atoms with Crippen molar-refractivity contribution in [3.63, 3.8) is 0 Å². The lowest BCUT2D eigenvalue weighted by atomic mass is 10.1. The van der Waals surface area contributed by atoms with Gasteiger partial charge in [0.15, 0.2) is 5.78 Å². The maximum Gasteiger partial charge on any atom is 0.185 e. The maximum absolute atomic E-state index is 13.1. The third-order valence-corrected chi connectivity index (χ3v) is 3.11. The first-order chi connectivity index (χ1) is 10.7. The summed E-state index contributed by atoms with van der Waals surface area (Å²) in [5.41, 5.74) is 2.08. The van der Waals surface area contributed by atoms with E-state index in [2.05, 4.69) is 10.1 Å². The summed E-state index contributed by atoms with van der Waals surface area (Å²) in [6.07, 6.45) is 6.20. The van der Waals surface area contributed by atoms with E-state index >= 15 is 0 Å². The summed E-state index contributed by atoms with van der Waals surface area (Å²) >= 11 is 0. The Labute approximate surface area is 126 Å². The first kappa shape index (κ1) is 13.9. The van der Waals surface area contributed by atoms with Crippen molar-refractivity contribution >= 4 is 11.9 Å². The number of hydrogen-bond donors (Lipinski definition) is 0. The van der Waals surface area contributed by atoms with Crippen molar-refractivity contribution in [3.05, 3.63) is 84.2 Å². The number of allylic oxidation sites excluding steroid dienone is 1. The number of halogens is 1.